The predicted molar refractivity (Wildman–Crippen MR) is 56.8 cm³/mol. The van der Waals surface area contributed by atoms with E-state index in [-0.39, 0.29) is 16.3 Å². The minimum Gasteiger partial charge on any atom is -0.462 e. The van der Waals surface area contributed by atoms with Crippen LogP contribution in [0.1, 0.15) is 16.8 Å². The lowest BCUT2D eigenvalue weighted by atomic mass is 10.2. The number of alkyl halides is 3. The first-order chi connectivity index (χ1) is 7.79. The minimum atomic E-state index is -4.35. The van der Waals surface area contributed by atoms with Crippen LogP contribution in [0.5, 0.6) is 0 Å². The number of esters is 1. The Labute approximate surface area is 100 Å². The van der Waals surface area contributed by atoms with Crippen molar-refractivity contribution in [3.05, 3.63) is 28.8 Å². The second kappa shape index (κ2) is 5.27. The first-order valence-electron chi connectivity index (χ1n) is 4.58. The van der Waals surface area contributed by atoms with Crippen LogP contribution in [-0.4, -0.2) is 18.8 Å². The molecule has 17 heavy (non-hydrogen) atoms. The topological polar surface area (TPSA) is 52.3 Å². The third-order valence-electron chi connectivity index (χ3n) is 1.85. The van der Waals surface area contributed by atoms with E-state index in [1.807, 2.05) is 0 Å². The molecule has 0 spiro atoms. The fourth-order valence-electron chi connectivity index (χ4n) is 0.997. The zero-order valence-corrected chi connectivity index (χ0v) is 9.31. The van der Waals surface area contributed by atoms with Crippen LogP contribution in [0.3, 0.4) is 0 Å². The molecule has 0 fully saturated rings. The Morgan fingerprint density at radius 3 is 2.59 bits per heavy atom. The number of benzene rings is 1. The SMILES string of the molecule is Nc1ccc(C(=O)OCCC(F)(F)F)cc1Cl. The Balaban J connectivity index is 2.56. The molecule has 0 bridgehead atoms. The molecule has 0 atom stereocenters. The van der Waals surface area contributed by atoms with Gasteiger partial charge in [-0.05, 0) is 18.2 Å². The maximum Gasteiger partial charge on any atom is 0.392 e. The number of hydrogen-bond donors (Lipinski definition) is 1. The van der Waals surface area contributed by atoms with Crippen molar-refractivity contribution >= 4 is 23.3 Å². The van der Waals surface area contributed by atoms with Crippen LogP contribution in [0, 0.1) is 0 Å². The number of hydrogen-bond acceptors (Lipinski definition) is 3. The average Bonchev–Trinajstić information content (AvgIpc) is 2.20. The van der Waals surface area contributed by atoms with Crippen molar-refractivity contribution in [3.8, 4) is 0 Å². The van der Waals surface area contributed by atoms with Crippen LogP contribution in [0.4, 0.5) is 18.9 Å². The van der Waals surface area contributed by atoms with Gasteiger partial charge in [-0.1, -0.05) is 11.6 Å². The summed E-state index contributed by atoms with van der Waals surface area (Å²) in [6.45, 7) is -0.718. The fraction of sp³-hybridized carbons (Fsp3) is 0.300. The van der Waals surface area contributed by atoms with E-state index in [1.54, 1.807) is 0 Å². The second-order valence-electron chi connectivity index (χ2n) is 3.24. The Morgan fingerprint density at radius 1 is 1.41 bits per heavy atom. The van der Waals surface area contributed by atoms with Gasteiger partial charge >= 0.3 is 12.1 Å². The van der Waals surface area contributed by atoms with Crippen LogP contribution in [-0.2, 0) is 4.74 Å². The highest BCUT2D eigenvalue weighted by atomic mass is 35.5. The van der Waals surface area contributed by atoms with Crippen LogP contribution in [0.2, 0.25) is 5.02 Å². The lowest BCUT2D eigenvalue weighted by molar-refractivity contribution is -0.141. The lowest BCUT2D eigenvalue weighted by Crippen LogP contribution is -2.14. The van der Waals surface area contributed by atoms with Gasteiger partial charge < -0.3 is 10.5 Å². The summed E-state index contributed by atoms with van der Waals surface area (Å²) >= 11 is 5.65. The zero-order chi connectivity index (χ0) is 13.1. The molecule has 0 heterocycles. The lowest BCUT2D eigenvalue weighted by Gasteiger charge is -2.08. The van der Waals surface area contributed by atoms with E-state index in [9.17, 15) is 18.0 Å². The van der Waals surface area contributed by atoms with Gasteiger partial charge in [0.05, 0.1) is 22.7 Å². The molecule has 1 aromatic carbocycles. The summed E-state index contributed by atoms with van der Waals surface area (Å²) in [5, 5.41) is 0.148. The normalized spacial score (nSPS) is 11.3. The summed E-state index contributed by atoms with van der Waals surface area (Å²) in [6.07, 6.45) is -5.53. The van der Waals surface area contributed by atoms with Crippen LogP contribution < -0.4 is 5.73 Å². The van der Waals surface area contributed by atoms with Gasteiger partial charge in [0.25, 0.3) is 0 Å². The molecule has 0 aliphatic rings. The second-order valence-corrected chi connectivity index (χ2v) is 3.64. The number of carbonyl (C=O) groups excluding carboxylic acids is 1. The Hall–Kier alpha value is -1.43. The standard InChI is InChI=1S/C10H9ClF3NO2/c11-7-5-6(1-2-8(7)15)9(16)17-4-3-10(12,13)14/h1-2,5H,3-4,15H2. The highest BCUT2D eigenvalue weighted by Crippen LogP contribution is 2.21. The first kappa shape index (κ1) is 13.6. The molecule has 0 aromatic heterocycles. The van der Waals surface area contributed by atoms with Gasteiger partial charge in [-0.25, -0.2) is 4.79 Å². The number of rotatable bonds is 3. The van der Waals surface area contributed by atoms with Gasteiger partial charge in [-0.3, -0.25) is 0 Å². The van der Waals surface area contributed by atoms with E-state index in [1.165, 1.54) is 18.2 Å². The highest BCUT2D eigenvalue weighted by Gasteiger charge is 2.27. The molecule has 0 amide bonds. The van der Waals surface area contributed by atoms with Crippen molar-refractivity contribution < 1.29 is 22.7 Å². The van der Waals surface area contributed by atoms with Crippen LogP contribution >= 0.6 is 11.6 Å². The quantitative estimate of drug-likeness (QED) is 0.676. The van der Waals surface area contributed by atoms with Crippen molar-refractivity contribution in [2.45, 2.75) is 12.6 Å². The Kier molecular flexibility index (Phi) is 4.22. The smallest absolute Gasteiger partial charge is 0.392 e. The maximum absolute atomic E-state index is 11.8. The molecule has 1 aromatic rings. The van der Waals surface area contributed by atoms with E-state index in [0.29, 0.717) is 0 Å². The summed E-state index contributed by atoms with van der Waals surface area (Å²) in [7, 11) is 0. The molecule has 2 N–H and O–H groups in total. The zero-order valence-electron chi connectivity index (χ0n) is 8.55. The van der Waals surface area contributed by atoms with E-state index in [0.717, 1.165) is 0 Å². The van der Waals surface area contributed by atoms with Crippen LogP contribution in [0.15, 0.2) is 18.2 Å². The van der Waals surface area contributed by atoms with E-state index in [2.05, 4.69) is 4.74 Å². The summed E-state index contributed by atoms with van der Waals surface area (Å²) in [5.41, 5.74) is 5.75. The number of ether oxygens (including phenoxy) is 1. The third kappa shape index (κ3) is 4.52. The van der Waals surface area contributed by atoms with Gasteiger partial charge in [0.2, 0.25) is 0 Å². The molecule has 0 radical (unpaired) electrons. The Bertz CT molecular complexity index is 421. The summed E-state index contributed by atoms with van der Waals surface area (Å²) in [6, 6.07) is 3.95. The summed E-state index contributed by atoms with van der Waals surface area (Å²) in [5.74, 6) is -0.865. The van der Waals surface area contributed by atoms with Crippen molar-refractivity contribution in [2.24, 2.45) is 0 Å². The van der Waals surface area contributed by atoms with Crippen molar-refractivity contribution in [3.63, 3.8) is 0 Å². The summed E-state index contributed by atoms with van der Waals surface area (Å²) in [4.78, 5) is 11.3. The largest absolute Gasteiger partial charge is 0.462 e. The molecule has 0 aliphatic heterocycles. The molecule has 0 unspecified atom stereocenters. The molecule has 94 valence electrons. The molecule has 7 heteroatoms. The van der Waals surface area contributed by atoms with Gasteiger partial charge in [-0.15, -0.1) is 0 Å². The maximum atomic E-state index is 11.8. The van der Waals surface area contributed by atoms with Gasteiger partial charge in [0, 0.05) is 0 Å². The van der Waals surface area contributed by atoms with Crippen molar-refractivity contribution in [2.75, 3.05) is 12.3 Å². The third-order valence-corrected chi connectivity index (χ3v) is 2.18. The molecule has 3 nitrogen and oxygen atoms in total. The molecule has 0 aliphatic carbocycles. The molecular weight excluding hydrogens is 259 g/mol. The van der Waals surface area contributed by atoms with E-state index < -0.39 is 25.2 Å². The molecule has 0 saturated carbocycles. The molecule has 1 rings (SSSR count). The number of carbonyl (C=O) groups is 1. The average molecular weight is 268 g/mol. The van der Waals surface area contributed by atoms with Crippen molar-refractivity contribution in [1.29, 1.82) is 0 Å². The molecular formula is C10H9ClF3NO2. The predicted octanol–water partition coefficient (Wildman–Crippen LogP) is 3.03. The van der Waals surface area contributed by atoms with Gasteiger partial charge in [0.1, 0.15) is 6.61 Å². The van der Waals surface area contributed by atoms with Gasteiger partial charge in [0.15, 0.2) is 0 Å². The molecule has 0 saturated heterocycles. The van der Waals surface area contributed by atoms with Crippen LogP contribution in [0.25, 0.3) is 0 Å². The number of nitrogen functional groups attached to an aromatic ring is 1. The first-order valence-corrected chi connectivity index (χ1v) is 4.96. The number of nitrogens with two attached hydrogens (primary N) is 1. The van der Waals surface area contributed by atoms with E-state index >= 15 is 0 Å². The number of anilines is 1. The summed E-state index contributed by atoms with van der Waals surface area (Å²) < 4.78 is 39.8. The van der Waals surface area contributed by atoms with Gasteiger partial charge in [-0.2, -0.15) is 13.2 Å². The fourth-order valence-corrected chi connectivity index (χ4v) is 1.18. The monoisotopic (exact) mass is 267 g/mol. The Morgan fingerprint density at radius 2 is 2.06 bits per heavy atom. The van der Waals surface area contributed by atoms with E-state index in [4.69, 9.17) is 17.3 Å². The minimum absolute atomic E-state index is 0.0615. The number of halogens is 4. The highest BCUT2D eigenvalue weighted by molar-refractivity contribution is 6.33. The van der Waals surface area contributed by atoms with Crippen molar-refractivity contribution in [1.82, 2.24) is 0 Å².